The van der Waals surface area contributed by atoms with Crippen LogP contribution in [-0.2, 0) is 6.42 Å². The average Bonchev–Trinajstić information content (AvgIpc) is 3.34. The molecular formula is C28H28N4O2. The molecule has 2 aliphatic rings. The summed E-state index contributed by atoms with van der Waals surface area (Å²) in [6.45, 7) is 3.84. The van der Waals surface area contributed by atoms with Crippen molar-refractivity contribution in [1.29, 1.82) is 0 Å². The van der Waals surface area contributed by atoms with Gasteiger partial charge in [-0.2, -0.15) is 0 Å². The van der Waals surface area contributed by atoms with Crippen molar-refractivity contribution in [2.75, 3.05) is 32.7 Å². The summed E-state index contributed by atoms with van der Waals surface area (Å²) < 4.78 is 0. The van der Waals surface area contributed by atoms with E-state index in [2.05, 4.69) is 16.0 Å². The number of pyridine rings is 1. The van der Waals surface area contributed by atoms with Crippen LogP contribution >= 0.6 is 0 Å². The van der Waals surface area contributed by atoms with Crippen LogP contribution in [0.15, 0.2) is 77.8 Å². The molecule has 0 N–H and O–H groups in total. The van der Waals surface area contributed by atoms with Gasteiger partial charge >= 0.3 is 0 Å². The highest BCUT2D eigenvalue weighted by molar-refractivity contribution is 6.06. The quantitative estimate of drug-likeness (QED) is 0.505. The summed E-state index contributed by atoms with van der Waals surface area (Å²) in [5, 5.41) is 0. The van der Waals surface area contributed by atoms with Gasteiger partial charge in [-0.15, -0.1) is 0 Å². The normalized spacial score (nSPS) is 15.6. The van der Waals surface area contributed by atoms with Crippen LogP contribution in [0.1, 0.15) is 44.9 Å². The van der Waals surface area contributed by atoms with E-state index in [-0.39, 0.29) is 11.7 Å². The van der Waals surface area contributed by atoms with Gasteiger partial charge < -0.3 is 4.90 Å². The Hall–Kier alpha value is -3.64. The van der Waals surface area contributed by atoms with Crippen molar-refractivity contribution in [3.05, 3.63) is 95.3 Å². The number of aliphatic imine (C=N–C) groups is 1. The zero-order valence-corrected chi connectivity index (χ0v) is 19.2. The number of carbonyl (C=O) groups excluding carboxylic acids is 2. The van der Waals surface area contributed by atoms with E-state index < -0.39 is 0 Å². The molecule has 1 saturated heterocycles. The second kappa shape index (κ2) is 10.1. The monoisotopic (exact) mass is 452 g/mol. The van der Waals surface area contributed by atoms with Crippen molar-refractivity contribution in [3.8, 4) is 0 Å². The number of carbonyl (C=O) groups is 2. The molecule has 3 aromatic rings. The molecule has 1 aromatic heterocycles. The zero-order chi connectivity index (χ0) is 23.3. The first-order chi connectivity index (χ1) is 16.7. The number of rotatable bonds is 7. The second-order valence-corrected chi connectivity index (χ2v) is 8.80. The molecule has 2 aromatic carbocycles. The van der Waals surface area contributed by atoms with Crippen LogP contribution in [0.3, 0.4) is 0 Å². The van der Waals surface area contributed by atoms with Gasteiger partial charge in [-0.3, -0.25) is 19.5 Å². The van der Waals surface area contributed by atoms with Crippen LogP contribution in [0, 0.1) is 0 Å². The molecule has 6 nitrogen and oxygen atoms in total. The smallest absolute Gasteiger partial charge is 0.272 e. The third kappa shape index (κ3) is 4.97. The number of hydrogen-bond donors (Lipinski definition) is 0. The molecule has 1 fully saturated rings. The van der Waals surface area contributed by atoms with Crippen LogP contribution < -0.4 is 0 Å². The summed E-state index contributed by atoms with van der Waals surface area (Å²) in [7, 11) is 0. The SMILES string of the molecule is O=C(CCCN1CCN(C(=O)c2cccc(C3=Nc4ccccc4C3)n2)CC1)c1ccccc1. The molecule has 0 atom stereocenters. The minimum atomic E-state index is -0.0307. The van der Waals surface area contributed by atoms with E-state index in [0.717, 1.165) is 55.1 Å². The number of ketones is 1. The van der Waals surface area contributed by atoms with Gasteiger partial charge in [0.2, 0.25) is 0 Å². The lowest BCUT2D eigenvalue weighted by Gasteiger charge is -2.34. The van der Waals surface area contributed by atoms with Crippen molar-refractivity contribution >= 4 is 23.1 Å². The molecule has 6 heteroatoms. The van der Waals surface area contributed by atoms with Crippen LogP contribution in [0.25, 0.3) is 0 Å². The van der Waals surface area contributed by atoms with E-state index in [1.165, 1.54) is 5.56 Å². The van der Waals surface area contributed by atoms with Crippen molar-refractivity contribution < 1.29 is 9.59 Å². The van der Waals surface area contributed by atoms with Crippen molar-refractivity contribution in [2.24, 2.45) is 4.99 Å². The number of hydrogen-bond acceptors (Lipinski definition) is 5. The van der Waals surface area contributed by atoms with Gasteiger partial charge in [0.1, 0.15) is 5.69 Å². The fraction of sp³-hybridized carbons (Fsp3) is 0.286. The van der Waals surface area contributed by atoms with E-state index >= 15 is 0 Å². The lowest BCUT2D eigenvalue weighted by atomic mass is 10.1. The Kier molecular flexibility index (Phi) is 6.58. The summed E-state index contributed by atoms with van der Waals surface area (Å²) in [5.74, 6) is 0.159. The predicted molar refractivity (Wildman–Crippen MR) is 133 cm³/mol. The highest BCUT2D eigenvalue weighted by atomic mass is 16.2. The minimum absolute atomic E-state index is 0.0307. The summed E-state index contributed by atoms with van der Waals surface area (Å²) >= 11 is 0. The molecule has 0 saturated carbocycles. The number of para-hydroxylation sites is 1. The first-order valence-corrected chi connectivity index (χ1v) is 11.9. The van der Waals surface area contributed by atoms with E-state index in [9.17, 15) is 9.59 Å². The second-order valence-electron chi connectivity index (χ2n) is 8.80. The molecule has 1 amide bonds. The Morgan fingerprint density at radius 3 is 2.38 bits per heavy atom. The first-order valence-electron chi connectivity index (χ1n) is 11.9. The highest BCUT2D eigenvalue weighted by Crippen LogP contribution is 2.28. The maximum atomic E-state index is 13.1. The molecule has 5 rings (SSSR count). The van der Waals surface area contributed by atoms with Gasteiger partial charge in [-0.1, -0.05) is 54.6 Å². The van der Waals surface area contributed by atoms with Gasteiger partial charge in [0.05, 0.1) is 17.1 Å². The van der Waals surface area contributed by atoms with Gasteiger partial charge in [0, 0.05) is 44.6 Å². The summed E-state index contributed by atoms with van der Waals surface area (Å²) in [5.41, 5.74) is 5.10. The molecule has 34 heavy (non-hydrogen) atoms. The van der Waals surface area contributed by atoms with Gasteiger partial charge in [0.25, 0.3) is 5.91 Å². The van der Waals surface area contributed by atoms with E-state index in [4.69, 9.17) is 4.99 Å². The van der Waals surface area contributed by atoms with Gasteiger partial charge in [-0.25, -0.2) is 4.98 Å². The number of fused-ring (bicyclic) bond motifs is 1. The molecule has 172 valence electrons. The van der Waals surface area contributed by atoms with Crippen molar-refractivity contribution in [1.82, 2.24) is 14.8 Å². The number of piperazine rings is 1. The summed E-state index contributed by atoms with van der Waals surface area (Å²) in [6, 6.07) is 23.2. The molecule has 0 radical (unpaired) electrons. The third-order valence-corrected chi connectivity index (χ3v) is 6.50. The van der Waals surface area contributed by atoms with Crippen LogP contribution in [0.4, 0.5) is 5.69 Å². The molecule has 3 heterocycles. The minimum Gasteiger partial charge on any atom is -0.335 e. The Labute approximate surface area is 200 Å². The Bertz CT molecular complexity index is 1210. The zero-order valence-electron chi connectivity index (χ0n) is 19.2. The fourth-order valence-corrected chi connectivity index (χ4v) is 4.57. The molecule has 0 aliphatic carbocycles. The number of benzene rings is 2. The lowest BCUT2D eigenvalue weighted by molar-refractivity contribution is 0.0629. The lowest BCUT2D eigenvalue weighted by Crippen LogP contribution is -2.49. The molecule has 2 aliphatic heterocycles. The number of amides is 1. The van der Waals surface area contributed by atoms with Crippen molar-refractivity contribution in [2.45, 2.75) is 19.3 Å². The topological polar surface area (TPSA) is 65.9 Å². The molecule has 0 bridgehead atoms. The van der Waals surface area contributed by atoms with E-state index in [1.807, 2.05) is 65.6 Å². The average molecular weight is 453 g/mol. The number of aromatic nitrogens is 1. The van der Waals surface area contributed by atoms with Crippen molar-refractivity contribution in [3.63, 3.8) is 0 Å². The third-order valence-electron chi connectivity index (χ3n) is 6.50. The number of nitrogens with zero attached hydrogens (tertiary/aromatic N) is 4. The van der Waals surface area contributed by atoms with Crippen LogP contribution in [0.2, 0.25) is 0 Å². The number of Topliss-reactive ketones (excluding diaryl/α,β-unsaturated/α-hetero) is 1. The summed E-state index contributed by atoms with van der Waals surface area (Å²) in [4.78, 5) is 39.0. The standard InChI is InChI=1S/C28H28N4O2/c33-27(21-8-2-1-3-9-21)14-7-15-31-16-18-32(19-17-31)28(34)25-13-6-12-24(30-25)26-20-22-10-4-5-11-23(22)29-26/h1-6,8-13H,7,14-20H2. The maximum Gasteiger partial charge on any atom is 0.272 e. The molecule has 0 unspecified atom stereocenters. The Morgan fingerprint density at radius 2 is 1.59 bits per heavy atom. The van der Waals surface area contributed by atoms with E-state index in [0.29, 0.717) is 25.2 Å². The van der Waals surface area contributed by atoms with Gasteiger partial charge in [0.15, 0.2) is 5.78 Å². The van der Waals surface area contributed by atoms with Gasteiger partial charge in [-0.05, 0) is 36.7 Å². The Balaban J connectivity index is 1.12. The predicted octanol–water partition coefficient (Wildman–Crippen LogP) is 4.18. The maximum absolute atomic E-state index is 13.1. The Morgan fingerprint density at radius 1 is 0.824 bits per heavy atom. The highest BCUT2D eigenvalue weighted by Gasteiger charge is 2.24. The van der Waals surface area contributed by atoms with Crippen LogP contribution in [-0.4, -0.2) is 64.9 Å². The van der Waals surface area contributed by atoms with Crippen LogP contribution in [0.5, 0.6) is 0 Å². The molecular weight excluding hydrogens is 424 g/mol. The first kappa shape index (κ1) is 22.2. The largest absolute Gasteiger partial charge is 0.335 e. The van der Waals surface area contributed by atoms with E-state index in [1.54, 1.807) is 6.07 Å². The fourth-order valence-electron chi connectivity index (χ4n) is 4.57. The summed E-state index contributed by atoms with van der Waals surface area (Å²) in [6.07, 6.45) is 2.12. The molecule has 0 spiro atoms.